The minimum absolute atomic E-state index is 0.0322. The smallest absolute Gasteiger partial charge is 0.255 e. The molecule has 1 aliphatic rings. The fourth-order valence-corrected chi connectivity index (χ4v) is 3.65. The molecule has 1 atom stereocenters. The predicted octanol–water partition coefficient (Wildman–Crippen LogP) is 3.81. The van der Waals surface area contributed by atoms with Gasteiger partial charge in [-0.05, 0) is 42.5 Å². The van der Waals surface area contributed by atoms with Crippen LogP contribution in [0.25, 0.3) is 0 Å². The summed E-state index contributed by atoms with van der Waals surface area (Å²) in [7, 11) is 1.59. The zero-order chi connectivity index (χ0) is 21.0. The molecule has 0 spiro atoms. The number of ether oxygens (including phenoxy) is 1. The van der Waals surface area contributed by atoms with Gasteiger partial charge in [0.15, 0.2) is 0 Å². The quantitative estimate of drug-likeness (QED) is 0.802. The minimum atomic E-state index is -0.202. The van der Waals surface area contributed by atoms with Crippen molar-refractivity contribution in [3.63, 3.8) is 0 Å². The van der Waals surface area contributed by atoms with Crippen molar-refractivity contribution in [3.05, 3.63) is 41.7 Å². The van der Waals surface area contributed by atoms with Crippen molar-refractivity contribution in [2.24, 2.45) is 5.41 Å². The molecule has 7 heteroatoms. The number of amides is 2. The van der Waals surface area contributed by atoms with Crippen molar-refractivity contribution in [1.29, 1.82) is 0 Å². The van der Waals surface area contributed by atoms with Crippen LogP contribution in [0.4, 0.5) is 5.69 Å². The van der Waals surface area contributed by atoms with E-state index in [9.17, 15) is 9.59 Å². The Hall–Kier alpha value is -2.83. The lowest BCUT2D eigenvalue weighted by Crippen LogP contribution is -2.40. The molecule has 7 nitrogen and oxygen atoms in total. The van der Waals surface area contributed by atoms with Crippen LogP contribution in [-0.2, 0) is 4.79 Å². The molecule has 2 heterocycles. The van der Waals surface area contributed by atoms with Gasteiger partial charge in [-0.2, -0.15) is 5.10 Å². The van der Waals surface area contributed by atoms with E-state index in [1.165, 1.54) is 0 Å². The Morgan fingerprint density at radius 2 is 2.00 bits per heavy atom. The number of H-pyrrole nitrogens is 1. The largest absolute Gasteiger partial charge is 0.497 e. The van der Waals surface area contributed by atoms with Gasteiger partial charge in [0.1, 0.15) is 5.75 Å². The Morgan fingerprint density at radius 3 is 2.66 bits per heavy atom. The molecule has 3 rings (SSSR count). The first-order valence-corrected chi connectivity index (χ1v) is 10.0. The van der Waals surface area contributed by atoms with Crippen LogP contribution in [0.2, 0.25) is 0 Å². The highest BCUT2D eigenvalue weighted by molar-refractivity contribution is 6.04. The van der Waals surface area contributed by atoms with E-state index in [4.69, 9.17) is 4.74 Å². The summed E-state index contributed by atoms with van der Waals surface area (Å²) in [5.74, 6) is 0.811. The number of aromatic amines is 1. The highest BCUT2D eigenvalue weighted by atomic mass is 16.5. The molecule has 0 bridgehead atoms. The number of rotatable bonds is 5. The van der Waals surface area contributed by atoms with Crippen LogP contribution >= 0.6 is 0 Å². The maximum Gasteiger partial charge on any atom is 0.255 e. The lowest BCUT2D eigenvalue weighted by Gasteiger charge is -2.34. The van der Waals surface area contributed by atoms with Gasteiger partial charge in [0.2, 0.25) is 5.91 Å². The van der Waals surface area contributed by atoms with Crippen LogP contribution in [-0.4, -0.2) is 47.1 Å². The molecule has 1 fully saturated rings. The average molecular weight is 399 g/mol. The number of aromatic nitrogens is 2. The predicted molar refractivity (Wildman–Crippen MR) is 112 cm³/mol. The molecule has 1 aromatic carbocycles. The van der Waals surface area contributed by atoms with Crippen molar-refractivity contribution in [3.8, 4) is 5.75 Å². The second kappa shape index (κ2) is 8.68. The van der Waals surface area contributed by atoms with Gasteiger partial charge < -0.3 is 15.0 Å². The Morgan fingerprint density at radius 1 is 1.28 bits per heavy atom. The summed E-state index contributed by atoms with van der Waals surface area (Å²) in [6.07, 6.45) is 4.05. The van der Waals surface area contributed by atoms with Gasteiger partial charge in [-0.3, -0.25) is 14.7 Å². The van der Waals surface area contributed by atoms with E-state index in [1.54, 1.807) is 37.6 Å². The van der Waals surface area contributed by atoms with E-state index in [2.05, 4.69) is 36.3 Å². The fourth-order valence-electron chi connectivity index (χ4n) is 3.65. The van der Waals surface area contributed by atoms with E-state index < -0.39 is 0 Å². The molecule has 2 amide bonds. The van der Waals surface area contributed by atoms with E-state index in [0.717, 1.165) is 25.1 Å². The van der Waals surface area contributed by atoms with Gasteiger partial charge >= 0.3 is 0 Å². The third-order valence-corrected chi connectivity index (χ3v) is 5.13. The Kier molecular flexibility index (Phi) is 6.25. The Labute approximate surface area is 171 Å². The summed E-state index contributed by atoms with van der Waals surface area (Å²) >= 11 is 0. The molecule has 0 aliphatic carbocycles. The van der Waals surface area contributed by atoms with Crippen molar-refractivity contribution in [2.45, 2.75) is 46.0 Å². The number of methoxy groups -OCH3 is 1. The first kappa shape index (κ1) is 20.9. The van der Waals surface area contributed by atoms with Crippen molar-refractivity contribution in [1.82, 2.24) is 15.1 Å². The maximum atomic E-state index is 12.6. The molecular formula is C22H30N4O3. The first-order chi connectivity index (χ1) is 13.8. The van der Waals surface area contributed by atoms with Crippen LogP contribution < -0.4 is 10.1 Å². The second-order valence-electron chi connectivity index (χ2n) is 8.80. The van der Waals surface area contributed by atoms with E-state index in [-0.39, 0.29) is 23.1 Å². The van der Waals surface area contributed by atoms with Crippen molar-refractivity contribution >= 4 is 17.5 Å². The molecule has 1 aliphatic heterocycles. The lowest BCUT2D eigenvalue weighted by molar-refractivity contribution is -0.134. The summed E-state index contributed by atoms with van der Waals surface area (Å²) in [6.45, 7) is 7.66. The number of hydrogen-bond acceptors (Lipinski definition) is 4. The number of carbonyl (C=O) groups excluding carboxylic acids is 2. The molecule has 0 radical (unpaired) electrons. The SMILES string of the molecule is COc1ccc(C(=O)Nc2cn[nH]c2[C@H]2CCCN(C(=O)CC(C)(C)C)C2)cc1. The number of hydrogen-bond donors (Lipinski definition) is 2. The fraction of sp³-hybridized carbons (Fsp3) is 0.500. The third-order valence-electron chi connectivity index (χ3n) is 5.13. The molecule has 1 aromatic heterocycles. The first-order valence-electron chi connectivity index (χ1n) is 10.0. The summed E-state index contributed by atoms with van der Waals surface area (Å²) in [4.78, 5) is 27.2. The third kappa shape index (κ3) is 5.37. The Balaban J connectivity index is 1.68. The van der Waals surface area contributed by atoms with Crippen LogP contribution in [0.1, 0.15) is 62.0 Å². The molecule has 0 unspecified atom stereocenters. The highest BCUT2D eigenvalue weighted by Crippen LogP contribution is 2.32. The Bertz CT molecular complexity index is 852. The number of piperidine rings is 1. The zero-order valence-corrected chi connectivity index (χ0v) is 17.6. The summed E-state index contributed by atoms with van der Waals surface area (Å²) in [5, 5.41) is 10.1. The normalized spacial score (nSPS) is 17.1. The zero-order valence-electron chi connectivity index (χ0n) is 17.6. The molecule has 1 saturated heterocycles. The number of benzene rings is 1. The number of likely N-dealkylation sites (tertiary alicyclic amines) is 1. The lowest BCUT2D eigenvalue weighted by atomic mass is 9.89. The molecule has 2 aromatic rings. The van der Waals surface area contributed by atoms with E-state index >= 15 is 0 Å². The van der Waals surface area contributed by atoms with Crippen LogP contribution in [0, 0.1) is 5.41 Å². The molecule has 2 N–H and O–H groups in total. The highest BCUT2D eigenvalue weighted by Gasteiger charge is 2.29. The van der Waals surface area contributed by atoms with Crippen LogP contribution in [0.15, 0.2) is 30.5 Å². The molecule has 156 valence electrons. The van der Waals surface area contributed by atoms with Gasteiger partial charge in [-0.25, -0.2) is 0 Å². The molecule has 0 saturated carbocycles. The number of carbonyl (C=O) groups is 2. The molecular weight excluding hydrogens is 368 g/mol. The number of nitrogens with zero attached hydrogens (tertiary/aromatic N) is 2. The van der Waals surface area contributed by atoms with Crippen molar-refractivity contribution in [2.75, 3.05) is 25.5 Å². The number of nitrogens with one attached hydrogen (secondary N) is 2. The van der Waals surface area contributed by atoms with Crippen LogP contribution in [0.3, 0.4) is 0 Å². The summed E-state index contributed by atoms with van der Waals surface area (Å²) in [6, 6.07) is 6.96. The van der Waals surface area contributed by atoms with Crippen LogP contribution in [0.5, 0.6) is 5.75 Å². The molecule has 29 heavy (non-hydrogen) atoms. The van der Waals surface area contributed by atoms with Gasteiger partial charge in [-0.1, -0.05) is 20.8 Å². The van der Waals surface area contributed by atoms with E-state index in [1.807, 2.05) is 4.90 Å². The number of anilines is 1. The topological polar surface area (TPSA) is 87.3 Å². The van der Waals surface area contributed by atoms with Gasteiger partial charge in [-0.15, -0.1) is 0 Å². The average Bonchev–Trinajstić information content (AvgIpc) is 3.15. The summed E-state index contributed by atoms with van der Waals surface area (Å²) in [5.41, 5.74) is 2.06. The van der Waals surface area contributed by atoms with Gasteiger partial charge in [0, 0.05) is 31.0 Å². The monoisotopic (exact) mass is 398 g/mol. The maximum absolute atomic E-state index is 12.6. The van der Waals surface area contributed by atoms with E-state index in [0.29, 0.717) is 30.0 Å². The van der Waals surface area contributed by atoms with Crippen molar-refractivity contribution < 1.29 is 14.3 Å². The standard InChI is InChI=1S/C22H30N4O3/c1-22(2,3)12-19(27)26-11-5-6-16(14-26)20-18(13-23-25-20)24-21(28)15-7-9-17(29-4)10-8-15/h7-10,13,16H,5-6,11-12,14H2,1-4H3,(H,23,25)(H,24,28)/t16-/m0/s1. The summed E-state index contributed by atoms with van der Waals surface area (Å²) < 4.78 is 5.13. The minimum Gasteiger partial charge on any atom is -0.497 e. The van der Waals surface area contributed by atoms with Gasteiger partial charge in [0.05, 0.1) is 24.7 Å². The second-order valence-corrected chi connectivity index (χ2v) is 8.80. The van der Waals surface area contributed by atoms with Gasteiger partial charge in [0.25, 0.3) is 5.91 Å².